The highest BCUT2D eigenvalue weighted by Crippen LogP contribution is 2.24. The smallest absolute Gasteiger partial charge is 0.225 e. The normalized spacial score (nSPS) is 18.4. The summed E-state index contributed by atoms with van der Waals surface area (Å²) in [5, 5.41) is 11.4. The van der Waals surface area contributed by atoms with Crippen molar-refractivity contribution < 1.29 is 10.0 Å². The number of carbonyl (C=O) groups is 1. The predicted molar refractivity (Wildman–Crippen MR) is 71.5 cm³/mol. The molecule has 0 saturated heterocycles. The Kier molecular flexibility index (Phi) is 6.54. The van der Waals surface area contributed by atoms with Crippen molar-refractivity contribution in [3.8, 4) is 0 Å². The van der Waals surface area contributed by atoms with Gasteiger partial charge in [0.15, 0.2) is 0 Å². The zero-order chi connectivity index (χ0) is 13.4. The number of hydrogen-bond acceptors (Lipinski definition) is 3. The van der Waals surface area contributed by atoms with Crippen LogP contribution in [0, 0.1) is 5.92 Å². The van der Waals surface area contributed by atoms with Crippen LogP contribution in [-0.4, -0.2) is 34.9 Å². The lowest BCUT2D eigenvalue weighted by Crippen LogP contribution is -2.38. The maximum Gasteiger partial charge on any atom is 0.225 e. The SMILES string of the molecule is CCN(CCC(N)=NO)C(=O)C1CCCCCC1. The zero-order valence-corrected chi connectivity index (χ0v) is 11.3. The first-order chi connectivity index (χ1) is 8.69. The van der Waals surface area contributed by atoms with Gasteiger partial charge in [0.25, 0.3) is 0 Å². The molecule has 0 aromatic heterocycles. The summed E-state index contributed by atoms with van der Waals surface area (Å²) in [5.41, 5.74) is 5.44. The van der Waals surface area contributed by atoms with Crippen LogP contribution in [-0.2, 0) is 4.79 Å². The lowest BCUT2D eigenvalue weighted by Gasteiger charge is -2.25. The largest absolute Gasteiger partial charge is 0.409 e. The minimum atomic E-state index is 0.180. The molecule has 104 valence electrons. The highest BCUT2D eigenvalue weighted by atomic mass is 16.4. The van der Waals surface area contributed by atoms with Crippen LogP contribution in [0.5, 0.6) is 0 Å². The number of rotatable bonds is 5. The van der Waals surface area contributed by atoms with Crippen molar-refractivity contribution in [2.24, 2.45) is 16.8 Å². The Hall–Kier alpha value is -1.26. The Labute approximate surface area is 109 Å². The van der Waals surface area contributed by atoms with E-state index in [1.165, 1.54) is 12.8 Å². The lowest BCUT2D eigenvalue weighted by molar-refractivity contribution is -0.135. The van der Waals surface area contributed by atoms with Crippen molar-refractivity contribution in [3.63, 3.8) is 0 Å². The summed E-state index contributed by atoms with van der Waals surface area (Å²) in [6.45, 7) is 3.21. The summed E-state index contributed by atoms with van der Waals surface area (Å²) >= 11 is 0. The Morgan fingerprint density at radius 1 is 1.33 bits per heavy atom. The summed E-state index contributed by atoms with van der Waals surface area (Å²) < 4.78 is 0. The first-order valence-corrected chi connectivity index (χ1v) is 6.94. The van der Waals surface area contributed by atoms with E-state index in [9.17, 15) is 4.79 Å². The fourth-order valence-electron chi connectivity index (χ4n) is 2.51. The molecule has 3 N–H and O–H groups in total. The van der Waals surface area contributed by atoms with Crippen LogP contribution in [0.1, 0.15) is 51.9 Å². The van der Waals surface area contributed by atoms with Crippen molar-refractivity contribution in [2.75, 3.05) is 13.1 Å². The molecule has 1 saturated carbocycles. The van der Waals surface area contributed by atoms with Crippen molar-refractivity contribution in [1.82, 2.24) is 4.90 Å². The van der Waals surface area contributed by atoms with Crippen molar-refractivity contribution >= 4 is 11.7 Å². The van der Waals surface area contributed by atoms with E-state index in [0.29, 0.717) is 19.5 Å². The number of oxime groups is 1. The second kappa shape index (κ2) is 7.95. The molecule has 1 aliphatic rings. The predicted octanol–water partition coefficient (Wildman–Crippen LogP) is 1.94. The molecular weight excluding hydrogens is 230 g/mol. The number of nitrogens with two attached hydrogens (primary N) is 1. The number of hydrogen-bond donors (Lipinski definition) is 2. The molecule has 0 atom stereocenters. The molecule has 0 spiro atoms. The molecule has 1 aliphatic carbocycles. The molecule has 5 heteroatoms. The van der Waals surface area contributed by atoms with E-state index < -0.39 is 0 Å². The second-order valence-electron chi connectivity index (χ2n) is 4.95. The first-order valence-electron chi connectivity index (χ1n) is 6.94. The molecule has 0 unspecified atom stereocenters. The number of carbonyl (C=O) groups excluding carboxylic acids is 1. The average Bonchev–Trinajstić information content (AvgIpc) is 2.67. The van der Waals surface area contributed by atoms with Crippen LogP contribution >= 0.6 is 0 Å². The molecule has 0 aliphatic heterocycles. The maximum atomic E-state index is 12.4. The Bertz CT molecular complexity index is 284. The van der Waals surface area contributed by atoms with Gasteiger partial charge >= 0.3 is 0 Å². The summed E-state index contributed by atoms with van der Waals surface area (Å²) in [6.07, 6.45) is 7.28. The summed E-state index contributed by atoms with van der Waals surface area (Å²) in [6, 6.07) is 0. The van der Waals surface area contributed by atoms with Gasteiger partial charge in [-0.05, 0) is 19.8 Å². The van der Waals surface area contributed by atoms with E-state index in [4.69, 9.17) is 10.9 Å². The van der Waals surface area contributed by atoms with Crippen LogP contribution in [0.15, 0.2) is 5.16 Å². The molecular formula is C13H25N3O2. The number of amidine groups is 1. The molecule has 1 fully saturated rings. The molecule has 1 amide bonds. The second-order valence-corrected chi connectivity index (χ2v) is 4.95. The fourth-order valence-corrected chi connectivity index (χ4v) is 2.51. The van der Waals surface area contributed by atoms with Gasteiger partial charge in [-0.25, -0.2) is 0 Å². The van der Waals surface area contributed by atoms with Gasteiger partial charge in [0, 0.05) is 25.4 Å². The Morgan fingerprint density at radius 2 is 1.94 bits per heavy atom. The fraction of sp³-hybridized carbons (Fsp3) is 0.846. The van der Waals surface area contributed by atoms with E-state index in [2.05, 4.69) is 5.16 Å². The average molecular weight is 255 g/mol. The number of nitrogens with zero attached hydrogens (tertiary/aromatic N) is 2. The standard InChI is InChI=1S/C13H25N3O2/c1-2-16(10-9-12(14)15-18)13(17)11-7-5-3-4-6-8-11/h11,18H,2-10H2,1H3,(H2,14,15). The van der Waals surface area contributed by atoms with Gasteiger partial charge < -0.3 is 15.8 Å². The Morgan fingerprint density at radius 3 is 2.44 bits per heavy atom. The van der Waals surface area contributed by atoms with Gasteiger partial charge in [-0.3, -0.25) is 4.79 Å². The molecule has 0 aromatic carbocycles. The van der Waals surface area contributed by atoms with Crippen LogP contribution in [0.2, 0.25) is 0 Å². The van der Waals surface area contributed by atoms with E-state index in [0.717, 1.165) is 25.7 Å². The first kappa shape index (κ1) is 14.8. The van der Waals surface area contributed by atoms with Gasteiger partial charge in [-0.2, -0.15) is 0 Å². The van der Waals surface area contributed by atoms with Gasteiger partial charge in [0.05, 0.1) is 0 Å². The maximum absolute atomic E-state index is 12.4. The minimum Gasteiger partial charge on any atom is -0.409 e. The zero-order valence-electron chi connectivity index (χ0n) is 11.3. The molecule has 0 aromatic rings. The molecule has 5 nitrogen and oxygen atoms in total. The summed E-state index contributed by atoms with van der Waals surface area (Å²) in [4.78, 5) is 14.2. The van der Waals surface area contributed by atoms with E-state index >= 15 is 0 Å². The minimum absolute atomic E-state index is 0.180. The van der Waals surface area contributed by atoms with Crippen LogP contribution in [0.3, 0.4) is 0 Å². The van der Waals surface area contributed by atoms with Crippen LogP contribution < -0.4 is 5.73 Å². The van der Waals surface area contributed by atoms with E-state index in [1.54, 1.807) is 0 Å². The molecule has 0 bridgehead atoms. The topological polar surface area (TPSA) is 78.9 Å². The highest BCUT2D eigenvalue weighted by molar-refractivity contribution is 5.82. The third-order valence-electron chi connectivity index (χ3n) is 3.66. The highest BCUT2D eigenvalue weighted by Gasteiger charge is 2.24. The Balaban J connectivity index is 2.49. The van der Waals surface area contributed by atoms with Gasteiger partial charge in [-0.15, -0.1) is 0 Å². The van der Waals surface area contributed by atoms with Crippen molar-refractivity contribution in [3.05, 3.63) is 0 Å². The van der Waals surface area contributed by atoms with Gasteiger partial charge in [-0.1, -0.05) is 30.8 Å². The van der Waals surface area contributed by atoms with E-state index in [-0.39, 0.29) is 17.7 Å². The monoisotopic (exact) mass is 255 g/mol. The molecule has 18 heavy (non-hydrogen) atoms. The van der Waals surface area contributed by atoms with Crippen LogP contribution in [0.4, 0.5) is 0 Å². The summed E-state index contributed by atoms with van der Waals surface area (Å²) in [7, 11) is 0. The van der Waals surface area contributed by atoms with Crippen molar-refractivity contribution in [1.29, 1.82) is 0 Å². The molecule has 1 rings (SSSR count). The third-order valence-corrected chi connectivity index (χ3v) is 3.66. The summed E-state index contributed by atoms with van der Waals surface area (Å²) in [5.74, 6) is 0.604. The molecule has 0 radical (unpaired) electrons. The quantitative estimate of drug-likeness (QED) is 0.259. The third kappa shape index (κ3) is 4.55. The lowest BCUT2D eigenvalue weighted by atomic mass is 9.98. The van der Waals surface area contributed by atoms with Gasteiger partial charge in [0.2, 0.25) is 5.91 Å². The molecule has 0 heterocycles. The van der Waals surface area contributed by atoms with E-state index in [1.807, 2.05) is 11.8 Å². The number of amides is 1. The van der Waals surface area contributed by atoms with Gasteiger partial charge in [0.1, 0.15) is 5.84 Å². The van der Waals surface area contributed by atoms with Crippen LogP contribution in [0.25, 0.3) is 0 Å². The van der Waals surface area contributed by atoms with Crippen molar-refractivity contribution in [2.45, 2.75) is 51.9 Å².